The van der Waals surface area contributed by atoms with Crippen molar-refractivity contribution in [1.82, 2.24) is 29.7 Å². The molecule has 0 saturated carbocycles. The van der Waals surface area contributed by atoms with E-state index in [1.807, 2.05) is 48.5 Å². The molecule has 11 nitrogen and oxygen atoms in total. The number of nitrogens with zero attached hydrogens (tertiary/aromatic N) is 6. The second kappa shape index (κ2) is 12.1. The van der Waals surface area contributed by atoms with Crippen molar-refractivity contribution in [3.05, 3.63) is 95.8 Å². The second-order valence-corrected chi connectivity index (χ2v) is 8.73. The smallest absolute Gasteiger partial charge is 0.243 e. The molecule has 40 heavy (non-hydrogen) atoms. The van der Waals surface area contributed by atoms with E-state index >= 15 is 0 Å². The maximum absolute atomic E-state index is 5.93. The minimum atomic E-state index is 0.371. The summed E-state index contributed by atoms with van der Waals surface area (Å²) in [7, 11) is 4.86. The fourth-order valence-electron chi connectivity index (χ4n) is 4.03. The van der Waals surface area contributed by atoms with Crippen LogP contribution >= 0.6 is 0 Å². The van der Waals surface area contributed by atoms with Crippen LogP contribution in [0.2, 0.25) is 0 Å². The van der Waals surface area contributed by atoms with Gasteiger partial charge in [-0.05, 0) is 54.4 Å². The van der Waals surface area contributed by atoms with Crippen molar-refractivity contribution >= 4 is 5.95 Å². The van der Waals surface area contributed by atoms with Gasteiger partial charge in [-0.25, -0.2) is 4.98 Å². The van der Waals surface area contributed by atoms with E-state index in [4.69, 9.17) is 29.0 Å². The van der Waals surface area contributed by atoms with Gasteiger partial charge in [0.1, 0.15) is 23.1 Å². The Morgan fingerprint density at radius 3 is 2.33 bits per heavy atom. The molecule has 3 aromatic heterocycles. The Balaban J connectivity index is 1.48. The molecule has 0 saturated heterocycles. The summed E-state index contributed by atoms with van der Waals surface area (Å²) in [5.41, 5.74) is 2.02. The highest BCUT2D eigenvalue weighted by Crippen LogP contribution is 2.29. The largest absolute Gasteiger partial charge is 0.497 e. The highest BCUT2D eigenvalue weighted by molar-refractivity contribution is 5.44. The first kappa shape index (κ1) is 26.4. The van der Waals surface area contributed by atoms with E-state index in [0.717, 1.165) is 16.9 Å². The van der Waals surface area contributed by atoms with Gasteiger partial charge in [-0.2, -0.15) is 14.6 Å². The zero-order chi connectivity index (χ0) is 27.9. The van der Waals surface area contributed by atoms with Crippen molar-refractivity contribution in [2.75, 3.05) is 26.6 Å². The van der Waals surface area contributed by atoms with Crippen molar-refractivity contribution in [3.63, 3.8) is 0 Å². The summed E-state index contributed by atoms with van der Waals surface area (Å²) in [5, 5.41) is 8.06. The molecule has 204 valence electrons. The summed E-state index contributed by atoms with van der Waals surface area (Å²) >= 11 is 0. The van der Waals surface area contributed by atoms with Crippen molar-refractivity contribution in [3.8, 4) is 34.7 Å². The molecule has 5 aromatic rings. The maximum Gasteiger partial charge on any atom is 0.243 e. The number of benzene rings is 2. The molecule has 0 bridgehead atoms. The van der Waals surface area contributed by atoms with Gasteiger partial charge in [0.15, 0.2) is 17.3 Å². The number of hydrogen-bond acceptors (Lipinski definition) is 10. The third-order valence-corrected chi connectivity index (χ3v) is 5.97. The van der Waals surface area contributed by atoms with Gasteiger partial charge in [-0.3, -0.25) is 4.98 Å². The van der Waals surface area contributed by atoms with Crippen LogP contribution in [0.5, 0.6) is 28.9 Å². The lowest BCUT2D eigenvalue weighted by atomic mass is 10.1. The van der Waals surface area contributed by atoms with E-state index in [1.165, 1.54) is 0 Å². The minimum Gasteiger partial charge on any atom is -0.497 e. The first-order valence-electron chi connectivity index (χ1n) is 12.5. The van der Waals surface area contributed by atoms with Crippen LogP contribution in [-0.2, 0) is 13.0 Å². The lowest BCUT2D eigenvalue weighted by Gasteiger charge is -2.11. The lowest BCUT2D eigenvalue weighted by Crippen LogP contribution is -2.08. The number of hydrogen-bond donors (Lipinski definition) is 1. The Labute approximate surface area is 231 Å². The Kier molecular flexibility index (Phi) is 8.00. The number of anilines is 1. The third-order valence-electron chi connectivity index (χ3n) is 5.97. The Morgan fingerprint density at radius 1 is 0.800 bits per heavy atom. The summed E-state index contributed by atoms with van der Waals surface area (Å²) in [6, 6.07) is 18.9. The van der Waals surface area contributed by atoms with Crippen LogP contribution in [0.4, 0.5) is 5.95 Å². The molecule has 0 aliphatic rings. The minimum absolute atomic E-state index is 0.371. The van der Waals surface area contributed by atoms with Gasteiger partial charge in [-0.15, -0.1) is 5.10 Å². The highest BCUT2D eigenvalue weighted by atomic mass is 16.5. The second-order valence-electron chi connectivity index (χ2n) is 8.73. The van der Waals surface area contributed by atoms with E-state index in [0.29, 0.717) is 59.5 Å². The Bertz CT molecular complexity index is 1570. The van der Waals surface area contributed by atoms with Crippen LogP contribution in [0.15, 0.2) is 73.1 Å². The molecular formula is C29H29N7O4. The van der Waals surface area contributed by atoms with Crippen LogP contribution in [0, 0.1) is 6.92 Å². The summed E-state index contributed by atoms with van der Waals surface area (Å²) in [4.78, 5) is 18.0. The third kappa shape index (κ3) is 6.26. The molecule has 1 N–H and O–H groups in total. The number of aryl methyl sites for hydroxylation is 1. The fraction of sp³-hybridized carbons (Fsp3) is 0.207. The van der Waals surface area contributed by atoms with Crippen LogP contribution in [-0.4, -0.2) is 51.0 Å². The SMILES string of the molecule is COc1ccc(CNc2nc(Cc3ccc(OC)c(OC)c3)n(-c3cc(Oc4cccnc4)nc(C)n3)n2)cc1. The molecule has 0 spiro atoms. The average Bonchev–Trinajstić information content (AvgIpc) is 3.39. The van der Waals surface area contributed by atoms with E-state index in [2.05, 4.69) is 20.3 Å². The van der Waals surface area contributed by atoms with Crippen molar-refractivity contribution in [2.24, 2.45) is 0 Å². The summed E-state index contributed by atoms with van der Waals surface area (Å²) in [5.74, 6) is 5.18. The standard InChI is InChI=1S/C29H29N7O4/c1-19-32-27(16-28(33-19)40-23-6-5-13-30-18-23)36-26(15-21-9-12-24(38-3)25(14-21)39-4)34-29(35-36)31-17-20-7-10-22(37-2)11-8-20/h5-14,16,18H,15,17H2,1-4H3,(H,31,35). The van der Waals surface area contributed by atoms with Gasteiger partial charge < -0.3 is 24.3 Å². The Hall–Kier alpha value is -5.19. The maximum atomic E-state index is 5.93. The molecule has 0 atom stereocenters. The van der Waals surface area contributed by atoms with E-state index < -0.39 is 0 Å². The topological polar surface area (TPSA) is 118 Å². The first-order chi connectivity index (χ1) is 19.5. The molecule has 0 aliphatic carbocycles. The van der Waals surface area contributed by atoms with E-state index in [9.17, 15) is 0 Å². The van der Waals surface area contributed by atoms with Gasteiger partial charge in [0, 0.05) is 25.2 Å². The molecule has 0 unspecified atom stereocenters. The molecule has 5 rings (SSSR count). The number of aromatic nitrogens is 6. The summed E-state index contributed by atoms with van der Waals surface area (Å²) in [6.07, 6.45) is 3.76. The Morgan fingerprint density at radius 2 is 1.60 bits per heavy atom. The first-order valence-corrected chi connectivity index (χ1v) is 12.5. The van der Waals surface area contributed by atoms with E-state index in [1.54, 1.807) is 57.5 Å². The van der Waals surface area contributed by atoms with Crippen LogP contribution < -0.4 is 24.3 Å². The van der Waals surface area contributed by atoms with Gasteiger partial charge >= 0.3 is 0 Å². The molecule has 2 aromatic carbocycles. The quantitative estimate of drug-likeness (QED) is 0.251. The molecular weight excluding hydrogens is 510 g/mol. The zero-order valence-electron chi connectivity index (χ0n) is 22.7. The average molecular weight is 540 g/mol. The normalized spacial score (nSPS) is 10.7. The monoisotopic (exact) mass is 539 g/mol. The number of ether oxygens (including phenoxy) is 4. The van der Waals surface area contributed by atoms with Crippen LogP contribution in [0.25, 0.3) is 5.82 Å². The molecule has 0 radical (unpaired) electrons. The van der Waals surface area contributed by atoms with Crippen molar-refractivity contribution < 1.29 is 18.9 Å². The van der Waals surface area contributed by atoms with Gasteiger partial charge in [0.05, 0.1) is 27.5 Å². The van der Waals surface area contributed by atoms with E-state index in [-0.39, 0.29) is 0 Å². The number of rotatable bonds is 11. The molecule has 3 heterocycles. The van der Waals surface area contributed by atoms with Gasteiger partial charge in [0.25, 0.3) is 0 Å². The lowest BCUT2D eigenvalue weighted by molar-refractivity contribution is 0.354. The molecule has 0 amide bonds. The zero-order valence-corrected chi connectivity index (χ0v) is 22.7. The van der Waals surface area contributed by atoms with Crippen LogP contribution in [0.1, 0.15) is 22.8 Å². The van der Waals surface area contributed by atoms with Crippen molar-refractivity contribution in [2.45, 2.75) is 19.9 Å². The number of methoxy groups -OCH3 is 3. The summed E-state index contributed by atoms with van der Waals surface area (Å²) < 4.78 is 23.8. The number of pyridine rings is 1. The fourth-order valence-corrected chi connectivity index (χ4v) is 4.03. The predicted octanol–water partition coefficient (Wildman–Crippen LogP) is 4.78. The summed E-state index contributed by atoms with van der Waals surface area (Å²) in [6.45, 7) is 2.33. The highest BCUT2D eigenvalue weighted by Gasteiger charge is 2.17. The van der Waals surface area contributed by atoms with Crippen molar-refractivity contribution in [1.29, 1.82) is 0 Å². The predicted molar refractivity (Wildman–Crippen MR) is 149 cm³/mol. The molecule has 0 aliphatic heterocycles. The molecule has 0 fully saturated rings. The van der Waals surface area contributed by atoms with Gasteiger partial charge in [0.2, 0.25) is 11.8 Å². The van der Waals surface area contributed by atoms with Crippen LogP contribution in [0.3, 0.4) is 0 Å². The van der Waals surface area contributed by atoms with Gasteiger partial charge in [-0.1, -0.05) is 18.2 Å². The molecule has 11 heteroatoms. The number of nitrogens with one attached hydrogen (secondary N) is 1.